The number of carbonyl (C=O) groups excluding carboxylic acids is 1. The predicted octanol–water partition coefficient (Wildman–Crippen LogP) is 3.79. The fraction of sp³-hybridized carbons (Fsp3) is 0.375. The van der Waals surface area contributed by atoms with E-state index in [1.807, 2.05) is 20.8 Å². The zero-order chi connectivity index (χ0) is 15.6. The molecule has 1 atom stereocenters. The van der Waals surface area contributed by atoms with Gasteiger partial charge in [0.2, 0.25) is 0 Å². The summed E-state index contributed by atoms with van der Waals surface area (Å²) in [6.07, 6.45) is 0. The molecule has 1 aromatic heterocycles. The first-order valence-corrected chi connectivity index (χ1v) is 6.95. The summed E-state index contributed by atoms with van der Waals surface area (Å²) in [7, 11) is 0. The minimum Gasteiger partial charge on any atom is -0.359 e. The molecule has 0 aliphatic rings. The van der Waals surface area contributed by atoms with Gasteiger partial charge in [0.05, 0.1) is 6.04 Å². The number of urea groups is 1. The van der Waals surface area contributed by atoms with Crippen molar-refractivity contribution in [2.75, 3.05) is 5.32 Å². The SMILES string of the molecule is Cc1cc(C)cc(C(C)NC(=O)Nc2c(C)noc2C)c1. The second kappa shape index (κ2) is 5.99. The van der Waals surface area contributed by atoms with Crippen LogP contribution in [0.1, 0.15) is 41.1 Å². The highest BCUT2D eigenvalue weighted by molar-refractivity contribution is 5.90. The summed E-state index contributed by atoms with van der Waals surface area (Å²) in [4.78, 5) is 12.1. The van der Waals surface area contributed by atoms with Crippen molar-refractivity contribution in [3.05, 3.63) is 46.3 Å². The van der Waals surface area contributed by atoms with Crippen molar-refractivity contribution in [2.45, 2.75) is 40.7 Å². The average Bonchev–Trinajstić information content (AvgIpc) is 2.69. The molecule has 5 heteroatoms. The summed E-state index contributed by atoms with van der Waals surface area (Å²) in [5, 5.41) is 9.52. The molecule has 0 fully saturated rings. The first kappa shape index (κ1) is 15.1. The quantitative estimate of drug-likeness (QED) is 0.902. The number of nitrogens with one attached hydrogen (secondary N) is 2. The molecule has 0 saturated carbocycles. The largest absolute Gasteiger partial charge is 0.359 e. The predicted molar refractivity (Wildman–Crippen MR) is 82.5 cm³/mol. The minimum absolute atomic E-state index is 0.0796. The zero-order valence-electron chi connectivity index (χ0n) is 13.1. The van der Waals surface area contributed by atoms with Gasteiger partial charge in [-0.3, -0.25) is 0 Å². The molecule has 0 aliphatic carbocycles. The van der Waals surface area contributed by atoms with Gasteiger partial charge in [-0.15, -0.1) is 0 Å². The number of hydrogen-bond donors (Lipinski definition) is 2. The topological polar surface area (TPSA) is 67.2 Å². The Bertz CT molecular complexity index is 622. The van der Waals surface area contributed by atoms with E-state index in [4.69, 9.17) is 4.52 Å². The Balaban J connectivity index is 2.05. The van der Waals surface area contributed by atoms with Crippen LogP contribution in [0.5, 0.6) is 0 Å². The summed E-state index contributed by atoms with van der Waals surface area (Å²) >= 11 is 0. The van der Waals surface area contributed by atoms with Crippen LogP contribution in [-0.4, -0.2) is 11.2 Å². The van der Waals surface area contributed by atoms with Crippen LogP contribution in [0.15, 0.2) is 22.7 Å². The smallest absolute Gasteiger partial charge is 0.319 e. The number of amides is 2. The van der Waals surface area contributed by atoms with Crippen molar-refractivity contribution in [1.29, 1.82) is 0 Å². The molecule has 0 aliphatic heterocycles. The van der Waals surface area contributed by atoms with Crippen LogP contribution in [0.3, 0.4) is 0 Å². The lowest BCUT2D eigenvalue weighted by molar-refractivity contribution is 0.249. The number of anilines is 1. The molecule has 5 nitrogen and oxygen atoms in total. The van der Waals surface area contributed by atoms with Gasteiger partial charge in [-0.2, -0.15) is 0 Å². The van der Waals surface area contributed by atoms with Gasteiger partial charge in [-0.25, -0.2) is 4.79 Å². The lowest BCUT2D eigenvalue weighted by Crippen LogP contribution is -2.31. The number of rotatable bonds is 3. The van der Waals surface area contributed by atoms with E-state index in [0.717, 1.165) is 5.56 Å². The van der Waals surface area contributed by atoms with Gasteiger partial charge >= 0.3 is 6.03 Å². The van der Waals surface area contributed by atoms with Crippen LogP contribution < -0.4 is 10.6 Å². The van der Waals surface area contributed by atoms with Gasteiger partial charge < -0.3 is 15.2 Å². The second-order valence-corrected chi connectivity index (χ2v) is 5.44. The first-order chi connectivity index (χ1) is 9.86. The maximum absolute atomic E-state index is 12.1. The Morgan fingerprint density at radius 3 is 2.29 bits per heavy atom. The van der Waals surface area contributed by atoms with E-state index in [1.54, 1.807) is 13.8 Å². The van der Waals surface area contributed by atoms with E-state index < -0.39 is 0 Å². The maximum Gasteiger partial charge on any atom is 0.319 e. The van der Waals surface area contributed by atoms with E-state index in [2.05, 4.69) is 34.0 Å². The van der Waals surface area contributed by atoms with Gasteiger partial charge in [-0.05, 0) is 40.2 Å². The molecule has 2 rings (SSSR count). The standard InChI is InChI=1S/C16H21N3O2/c1-9-6-10(2)8-14(7-9)11(3)17-16(20)18-15-12(4)19-21-13(15)5/h6-8,11H,1-5H3,(H2,17,18,20). The first-order valence-electron chi connectivity index (χ1n) is 6.95. The summed E-state index contributed by atoms with van der Waals surface area (Å²) in [6, 6.07) is 5.92. The van der Waals surface area contributed by atoms with E-state index >= 15 is 0 Å². The number of carbonyl (C=O) groups is 1. The van der Waals surface area contributed by atoms with Crippen LogP contribution in [0.4, 0.5) is 10.5 Å². The van der Waals surface area contributed by atoms with Crippen LogP contribution in [0, 0.1) is 27.7 Å². The Kier molecular flexibility index (Phi) is 4.31. The molecule has 0 radical (unpaired) electrons. The molecule has 112 valence electrons. The van der Waals surface area contributed by atoms with Crippen molar-refractivity contribution >= 4 is 11.7 Å². The molecule has 0 spiro atoms. The van der Waals surface area contributed by atoms with Gasteiger partial charge in [0, 0.05) is 0 Å². The van der Waals surface area contributed by atoms with E-state index in [0.29, 0.717) is 17.1 Å². The fourth-order valence-corrected chi connectivity index (χ4v) is 2.35. The van der Waals surface area contributed by atoms with Crippen LogP contribution in [-0.2, 0) is 0 Å². The van der Waals surface area contributed by atoms with Crippen molar-refractivity contribution in [3.63, 3.8) is 0 Å². The normalized spacial score (nSPS) is 12.0. The third kappa shape index (κ3) is 3.62. The molecule has 2 aromatic rings. The van der Waals surface area contributed by atoms with E-state index in [1.165, 1.54) is 11.1 Å². The van der Waals surface area contributed by atoms with Gasteiger partial charge in [0.25, 0.3) is 0 Å². The average molecular weight is 287 g/mol. The van der Waals surface area contributed by atoms with Crippen LogP contribution in [0.25, 0.3) is 0 Å². The summed E-state index contributed by atoms with van der Waals surface area (Å²) in [6.45, 7) is 9.61. The molecular formula is C16H21N3O2. The monoisotopic (exact) mass is 287 g/mol. The highest BCUT2D eigenvalue weighted by Gasteiger charge is 2.14. The van der Waals surface area contributed by atoms with E-state index in [-0.39, 0.29) is 12.1 Å². The number of nitrogens with zero attached hydrogens (tertiary/aromatic N) is 1. The fourth-order valence-electron chi connectivity index (χ4n) is 2.35. The lowest BCUT2D eigenvalue weighted by atomic mass is 10.0. The molecule has 0 saturated heterocycles. The van der Waals surface area contributed by atoms with Crippen molar-refractivity contribution < 1.29 is 9.32 Å². The molecule has 2 N–H and O–H groups in total. The molecule has 2 amide bonds. The van der Waals surface area contributed by atoms with Crippen LogP contribution >= 0.6 is 0 Å². The minimum atomic E-state index is -0.268. The molecule has 1 unspecified atom stereocenters. The number of benzene rings is 1. The highest BCUT2D eigenvalue weighted by atomic mass is 16.5. The van der Waals surface area contributed by atoms with Crippen molar-refractivity contribution in [2.24, 2.45) is 0 Å². The highest BCUT2D eigenvalue weighted by Crippen LogP contribution is 2.20. The third-order valence-corrected chi connectivity index (χ3v) is 3.36. The Labute approximate surface area is 124 Å². The number of aryl methyl sites for hydroxylation is 4. The number of aromatic nitrogens is 1. The van der Waals surface area contributed by atoms with Gasteiger partial charge in [-0.1, -0.05) is 34.5 Å². The van der Waals surface area contributed by atoms with Crippen molar-refractivity contribution in [3.8, 4) is 0 Å². The molecule has 1 heterocycles. The van der Waals surface area contributed by atoms with Gasteiger partial charge in [0.15, 0.2) is 5.76 Å². The zero-order valence-corrected chi connectivity index (χ0v) is 13.1. The summed E-state index contributed by atoms with van der Waals surface area (Å²) in [5.74, 6) is 0.599. The Hall–Kier alpha value is -2.30. The second-order valence-electron chi connectivity index (χ2n) is 5.44. The van der Waals surface area contributed by atoms with E-state index in [9.17, 15) is 4.79 Å². The summed E-state index contributed by atoms with van der Waals surface area (Å²) in [5.41, 5.74) is 4.75. The maximum atomic E-state index is 12.1. The molecule has 0 bridgehead atoms. The number of hydrogen-bond acceptors (Lipinski definition) is 3. The van der Waals surface area contributed by atoms with Crippen LogP contribution in [0.2, 0.25) is 0 Å². The molecular weight excluding hydrogens is 266 g/mol. The molecule has 21 heavy (non-hydrogen) atoms. The van der Waals surface area contributed by atoms with Crippen molar-refractivity contribution in [1.82, 2.24) is 10.5 Å². The summed E-state index contributed by atoms with van der Waals surface area (Å²) < 4.78 is 5.02. The molecule has 1 aromatic carbocycles. The Morgan fingerprint density at radius 2 is 1.76 bits per heavy atom. The van der Waals surface area contributed by atoms with Gasteiger partial charge in [0.1, 0.15) is 11.4 Å². The third-order valence-electron chi connectivity index (χ3n) is 3.36. The Morgan fingerprint density at radius 1 is 1.14 bits per heavy atom. The lowest BCUT2D eigenvalue weighted by Gasteiger charge is -2.16.